The molecule has 2 aromatic heterocycles. The van der Waals surface area contributed by atoms with Crippen LogP contribution in [0.2, 0.25) is 10.0 Å². The first-order valence-corrected chi connectivity index (χ1v) is 13.4. The van der Waals surface area contributed by atoms with Crippen LogP contribution >= 0.6 is 34.5 Å². The summed E-state index contributed by atoms with van der Waals surface area (Å²) in [5.74, 6) is 0.342. The fourth-order valence-corrected chi connectivity index (χ4v) is 5.98. The molecule has 8 nitrogen and oxygen atoms in total. The van der Waals surface area contributed by atoms with E-state index in [2.05, 4.69) is 25.3 Å². The van der Waals surface area contributed by atoms with Crippen molar-refractivity contribution in [1.82, 2.24) is 9.97 Å². The third-order valence-corrected chi connectivity index (χ3v) is 8.31. The van der Waals surface area contributed by atoms with E-state index in [4.69, 9.17) is 23.2 Å². The summed E-state index contributed by atoms with van der Waals surface area (Å²) in [7, 11) is -3.31. The lowest BCUT2D eigenvalue weighted by molar-refractivity contribution is 0.102. The largest absolute Gasteiger partial charge is 0.366 e. The Morgan fingerprint density at radius 1 is 1.31 bits per heavy atom. The quantitative estimate of drug-likeness (QED) is 0.277. The molecule has 4 rings (SSSR count). The molecule has 1 fully saturated rings. The van der Waals surface area contributed by atoms with Crippen molar-refractivity contribution in [1.29, 1.82) is 0 Å². The number of benzene rings is 1. The lowest BCUT2D eigenvalue weighted by atomic mass is 9.93. The summed E-state index contributed by atoms with van der Waals surface area (Å²) in [5, 5.41) is 8.09. The fourth-order valence-electron chi connectivity index (χ4n) is 3.29. The molecule has 3 aromatic rings. The van der Waals surface area contributed by atoms with E-state index in [-0.39, 0.29) is 27.2 Å². The highest BCUT2D eigenvalue weighted by molar-refractivity contribution is 7.98. The Hall–Kier alpha value is -1.98. The maximum Gasteiger partial charge on any atom is 0.310 e. The van der Waals surface area contributed by atoms with Gasteiger partial charge in [-0.15, -0.1) is 11.3 Å². The van der Waals surface area contributed by atoms with Crippen molar-refractivity contribution in [3.8, 4) is 0 Å². The SMILES string of the molecule is CCC[S+](=O)(O)Nc1ccc(Cl)c(NC(=O)c2csc3c(NC4CCC4)ncnc23)c1Cl. The van der Waals surface area contributed by atoms with Crippen LogP contribution in [0.25, 0.3) is 10.2 Å². The van der Waals surface area contributed by atoms with E-state index in [1.54, 1.807) is 12.3 Å². The summed E-state index contributed by atoms with van der Waals surface area (Å²) >= 11 is 14.1. The van der Waals surface area contributed by atoms with Gasteiger partial charge in [0.25, 0.3) is 5.91 Å². The number of nitrogens with one attached hydrogen (secondary N) is 3. The van der Waals surface area contributed by atoms with Gasteiger partial charge in [0.05, 0.1) is 31.5 Å². The van der Waals surface area contributed by atoms with Crippen LogP contribution in [0, 0.1) is 0 Å². The summed E-state index contributed by atoms with van der Waals surface area (Å²) in [4.78, 5) is 21.7. The molecule has 1 unspecified atom stereocenters. The number of thiophene rings is 1. The summed E-state index contributed by atoms with van der Waals surface area (Å²) in [6.45, 7) is 1.80. The number of hydrogen-bond donors (Lipinski definition) is 4. The van der Waals surface area contributed by atoms with Crippen LogP contribution in [0.5, 0.6) is 0 Å². The van der Waals surface area contributed by atoms with E-state index in [9.17, 15) is 13.6 Å². The number of hydrogen-bond acceptors (Lipinski definition) is 6. The smallest absolute Gasteiger partial charge is 0.310 e. The molecular weight excluding hydrogens is 493 g/mol. The summed E-state index contributed by atoms with van der Waals surface area (Å²) in [6, 6.07) is 3.40. The number of amides is 1. The second-order valence-corrected chi connectivity index (χ2v) is 11.1. The molecule has 170 valence electrons. The molecule has 1 aliphatic carbocycles. The van der Waals surface area contributed by atoms with Crippen molar-refractivity contribution >= 4 is 78.3 Å². The Morgan fingerprint density at radius 2 is 2.09 bits per heavy atom. The normalized spacial score (nSPS) is 15.8. The van der Waals surface area contributed by atoms with Crippen molar-refractivity contribution in [3.63, 3.8) is 0 Å². The second-order valence-electron chi connectivity index (χ2n) is 7.51. The van der Waals surface area contributed by atoms with Crippen molar-refractivity contribution < 1.29 is 13.6 Å². The molecular formula is C20H22Cl2N5O3S2+. The summed E-state index contributed by atoms with van der Waals surface area (Å²) < 4.78 is 25.6. The van der Waals surface area contributed by atoms with Gasteiger partial charge in [0.15, 0.2) is 5.75 Å². The Bertz CT molecular complexity index is 1220. The number of aromatic nitrogens is 2. The Morgan fingerprint density at radius 3 is 2.78 bits per heavy atom. The molecule has 0 bridgehead atoms. The molecule has 1 amide bonds. The number of rotatable bonds is 8. The molecule has 0 spiro atoms. The van der Waals surface area contributed by atoms with Crippen molar-refractivity contribution in [2.24, 2.45) is 0 Å². The zero-order valence-electron chi connectivity index (χ0n) is 17.2. The first-order valence-electron chi connectivity index (χ1n) is 10.1. The molecule has 12 heteroatoms. The molecule has 0 saturated heterocycles. The van der Waals surface area contributed by atoms with E-state index < -0.39 is 16.3 Å². The van der Waals surface area contributed by atoms with Gasteiger partial charge in [0.1, 0.15) is 17.8 Å². The van der Waals surface area contributed by atoms with E-state index >= 15 is 0 Å². The highest BCUT2D eigenvalue weighted by Crippen LogP contribution is 2.38. The monoisotopic (exact) mass is 514 g/mol. The predicted octanol–water partition coefficient (Wildman–Crippen LogP) is 5.92. The van der Waals surface area contributed by atoms with Crippen LogP contribution < -0.4 is 15.4 Å². The maximum absolute atomic E-state index is 13.1. The Balaban J connectivity index is 1.60. The first kappa shape index (κ1) is 23.2. The van der Waals surface area contributed by atoms with Gasteiger partial charge in [-0.1, -0.05) is 30.1 Å². The van der Waals surface area contributed by atoms with Crippen molar-refractivity contribution in [2.45, 2.75) is 38.6 Å². The van der Waals surface area contributed by atoms with Gasteiger partial charge in [-0.25, -0.2) is 9.97 Å². The Labute approximate surface area is 200 Å². The van der Waals surface area contributed by atoms with Gasteiger partial charge in [-0.05, 0) is 42.0 Å². The minimum absolute atomic E-state index is 0.0465. The molecule has 1 aromatic carbocycles. The van der Waals surface area contributed by atoms with Gasteiger partial charge < -0.3 is 10.6 Å². The molecule has 0 aliphatic heterocycles. The number of nitrogens with zero attached hydrogens (tertiary/aromatic N) is 2. The molecule has 1 atom stereocenters. The minimum Gasteiger partial charge on any atom is -0.366 e. The summed E-state index contributed by atoms with van der Waals surface area (Å²) in [6.07, 6.45) is 5.35. The van der Waals surface area contributed by atoms with E-state index in [0.717, 1.165) is 23.4 Å². The zero-order valence-corrected chi connectivity index (χ0v) is 20.3. The Kier molecular flexibility index (Phi) is 6.87. The van der Waals surface area contributed by atoms with E-state index in [0.29, 0.717) is 23.5 Å². The van der Waals surface area contributed by atoms with Crippen LogP contribution in [0.3, 0.4) is 0 Å². The van der Waals surface area contributed by atoms with Gasteiger partial charge in [-0.2, -0.15) is 9.27 Å². The maximum atomic E-state index is 13.1. The van der Waals surface area contributed by atoms with E-state index in [1.807, 2.05) is 0 Å². The second kappa shape index (κ2) is 9.48. The standard InChI is InChI=1S/C20H21Cl2N5O3S2/c1-2-8-32(29,30)27-14-7-6-13(21)17(15(14)22)26-20(28)12-9-31-18-16(12)23-10-24-19(18)25-11-4-3-5-11/h6-7,9-11H,2-5,8H2,1H3,(H3-,23,24,25,26,27,28,29,30)/p+1. The van der Waals surface area contributed by atoms with Gasteiger partial charge in [-0.3, -0.25) is 4.79 Å². The van der Waals surface area contributed by atoms with Crippen LogP contribution in [-0.2, 0) is 14.6 Å². The lowest BCUT2D eigenvalue weighted by Gasteiger charge is -2.26. The van der Waals surface area contributed by atoms with Crippen LogP contribution in [0.15, 0.2) is 23.8 Å². The predicted molar refractivity (Wildman–Crippen MR) is 133 cm³/mol. The highest BCUT2D eigenvalue weighted by atomic mass is 35.5. The zero-order chi connectivity index (χ0) is 22.9. The number of anilines is 3. The average molecular weight is 515 g/mol. The van der Waals surface area contributed by atoms with Crippen LogP contribution in [0.1, 0.15) is 43.0 Å². The van der Waals surface area contributed by atoms with Crippen molar-refractivity contribution in [2.75, 3.05) is 21.1 Å². The first-order chi connectivity index (χ1) is 15.3. The van der Waals surface area contributed by atoms with Crippen LogP contribution in [-0.4, -0.2) is 32.2 Å². The number of halogens is 2. The molecule has 32 heavy (non-hydrogen) atoms. The molecule has 2 heterocycles. The van der Waals surface area contributed by atoms with Crippen molar-refractivity contribution in [3.05, 3.63) is 39.4 Å². The third kappa shape index (κ3) is 4.84. The average Bonchev–Trinajstić information content (AvgIpc) is 3.15. The van der Waals surface area contributed by atoms with Gasteiger partial charge in [0.2, 0.25) is 0 Å². The van der Waals surface area contributed by atoms with Crippen LogP contribution in [0.4, 0.5) is 17.2 Å². The van der Waals surface area contributed by atoms with Gasteiger partial charge >= 0.3 is 10.4 Å². The number of fused-ring (bicyclic) bond motifs is 1. The molecule has 1 saturated carbocycles. The minimum atomic E-state index is -3.31. The molecule has 1 aliphatic rings. The fraction of sp³-hybridized carbons (Fsp3) is 0.350. The summed E-state index contributed by atoms with van der Waals surface area (Å²) in [5.41, 5.74) is 1.26. The highest BCUT2D eigenvalue weighted by Gasteiger charge is 2.27. The number of carbonyl (C=O) groups is 1. The third-order valence-electron chi connectivity index (χ3n) is 5.12. The number of carbonyl (C=O) groups excluding carboxylic acids is 1. The van der Waals surface area contributed by atoms with Gasteiger partial charge in [0, 0.05) is 11.4 Å². The molecule has 4 N–H and O–H groups in total. The molecule has 0 radical (unpaired) electrons. The van der Waals surface area contributed by atoms with E-state index in [1.165, 1.54) is 36.2 Å². The topological polar surface area (TPSA) is 116 Å². The lowest BCUT2D eigenvalue weighted by Crippen LogP contribution is -2.27.